The van der Waals surface area contributed by atoms with Gasteiger partial charge in [-0.2, -0.15) is 5.26 Å². The molecular formula is C10H17N3O2. The fourth-order valence-corrected chi connectivity index (χ4v) is 1.44. The zero-order valence-corrected chi connectivity index (χ0v) is 9.27. The molecule has 1 rings (SSSR count). The molecule has 84 valence electrons. The Morgan fingerprint density at radius 3 is 3.00 bits per heavy atom. The number of ether oxygens (including phenoxy) is 1. The number of rotatable bonds is 4. The molecule has 1 saturated heterocycles. The van der Waals surface area contributed by atoms with Crippen LogP contribution in [0.5, 0.6) is 0 Å². The predicted octanol–water partition coefficient (Wildman–Crippen LogP) is -0.311. The van der Waals surface area contributed by atoms with Gasteiger partial charge in [0, 0.05) is 19.6 Å². The van der Waals surface area contributed by atoms with Gasteiger partial charge in [-0.15, -0.1) is 0 Å². The molecule has 5 heteroatoms. The fraction of sp³-hybridized carbons (Fsp3) is 0.800. The summed E-state index contributed by atoms with van der Waals surface area (Å²) in [6.07, 6.45) is 0.237. The van der Waals surface area contributed by atoms with Gasteiger partial charge in [0.15, 0.2) is 0 Å². The van der Waals surface area contributed by atoms with Crippen LogP contribution in [-0.2, 0) is 9.53 Å². The van der Waals surface area contributed by atoms with Crippen LogP contribution in [0.25, 0.3) is 0 Å². The molecule has 0 aromatic heterocycles. The van der Waals surface area contributed by atoms with Gasteiger partial charge in [-0.05, 0) is 14.1 Å². The van der Waals surface area contributed by atoms with Gasteiger partial charge in [-0.1, -0.05) is 0 Å². The van der Waals surface area contributed by atoms with E-state index in [1.165, 1.54) is 0 Å². The van der Waals surface area contributed by atoms with Gasteiger partial charge in [-0.25, -0.2) is 0 Å². The van der Waals surface area contributed by atoms with Crippen molar-refractivity contribution in [1.82, 2.24) is 9.80 Å². The minimum atomic E-state index is -0.116. The number of nitriles is 1. The summed E-state index contributed by atoms with van der Waals surface area (Å²) < 4.78 is 5.24. The van der Waals surface area contributed by atoms with Crippen LogP contribution in [0.1, 0.15) is 6.42 Å². The van der Waals surface area contributed by atoms with Crippen LogP contribution in [0.2, 0.25) is 0 Å². The lowest BCUT2D eigenvalue weighted by Crippen LogP contribution is -2.48. The van der Waals surface area contributed by atoms with Crippen LogP contribution in [0.3, 0.4) is 0 Å². The highest BCUT2D eigenvalue weighted by Crippen LogP contribution is 2.08. The van der Waals surface area contributed by atoms with E-state index in [-0.39, 0.29) is 18.6 Å². The molecule has 0 radical (unpaired) electrons. The highest BCUT2D eigenvalue weighted by molar-refractivity contribution is 5.78. The molecule has 0 aromatic rings. The van der Waals surface area contributed by atoms with Crippen molar-refractivity contribution in [2.75, 3.05) is 40.3 Å². The van der Waals surface area contributed by atoms with E-state index in [9.17, 15) is 4.79 Å². The number of carbonyl (C=O) groups excluding carboxylic acids is 1. The Balaban J connectivity index is 2.40. The molecule has 5 nitrogen and oxygen atoms in total. The van der Waals surface area contributed by atoms with E-state index in [0.29, 0.717) is 19.5 Å². The molecule has 0 spiro atoms. The maximum atomic E-state index is 11.5. The van der Waals surface area contributed by atoms with Crippen LogP contribution < -0.4 is 0 Å². The van der Waals surface area contributed by atoms with E-state index in [0.717, 1.165) is 6.54 Å². The van der Waals surface area contributed by atoms with Crippen LogP contribution >= 0.6 is 0 Å². The molecular weight excluding hydrogens is 194 g/mol. The van der Waals surface area contributed by atoms with Gasteiger partial charge in [0.05, 0.1) is 18.6 Å². The first-order valence-corrected chi connectivity index (χ1v) is 5.04. The highest BCUT2D eigenvalue weighted by atomic mass is 16.5. The van der Waals surface area contributed by atoms with E-state index in [4.69, 9.17) is 10.00 Å². The second kappa shape index (κ2) is 5.69. The molecule has 1 unspecified atom stereocenters. The summed E-state index contributed by atoms with van der Waals surface area (Å²) >= 11 is 0. The molecule has 1 fully saturated rings. The third-order valence-electron chi connectivity index (χ3n) is 2.36. The Hall–Kier alpha value is -1.12. The third kappa shape index (κ3) is 3.86. The number of amides is 1. The van der Waals surface area contributed by atoms with Crippen molar-refractivity contribution in [2.45, 2.75) is 12.5 Å². The van der Waals surface area contributed by atoms with E-state index in [1.54, 1.807) is 4.90 Å². The smallest absolute Gasteiger partial charge is 0.248 e. The van der Waals surface area contributed by atoms with Crippen molar-refractivity contribution in [3.05, 3.63) is 0 Å². The average molecular weight is 211 g/mol. The maximum absolute atomic E-state index is 11.5. The van der Waals surface area contributed by atoms with Gasteiger partial charge in [0.2, 0.25) is 5.91 Å². The summed E-state index contributed by atoms with van der Waals surface area (Å²) in [5, 5.41) is 8.55. The van der Waals surface area contributed by atoms with Crippen molar-refractivity contribution in [3.63, 3.8) is 0 Å². The molecule has 1 aliphatic heterocycles. The first-order chi connectivity index (χ1) is 7.13. The molecule has 1 amide bonds. The maximum Gasteiger partial charge on any atom is 0.248 e. The van der Waals surface area contributed by atoms with E-state index < -0.39 is 0 Å². The first-order valence-electron chi connectivity index (χ1n) is 5.04. The van der Waals surface area contributed by atoms with Crippen molar-refractivity contribution in [2.24, 2.45) is 0 Å². The second-order valence-corrected chi connectivity index (χ2v) is 3.94. The minimum Gasteiger partial charge on any atom is -0.365 e. The number of morpholine rings is 1. The van der Waals surface area contributed by atoms with E-state index in [1.807, 2.05) is 19.0 Å². The quantitative estimate of drug-likeness (QED) is 0.640. The lowest BCUT2D eigenvalue weighted by molar-refractivity contribution is -0.148. The van der Waals surface area contributed by atoms with Gasteiger partial charge in [0.1, 0.15) is 6.61 Å². The number of hydrogen-bond acceptors (Lipinski definition) is 4. The first kappa shape index (κ1) is 12.0. The van der Waals surface area contributed by atoms with E-state index in [2.05, 4.69) is 6.07 Å². The van der Waals surface area contributed by atoms with Crippen LogP contribution in [0, 0.1) is 11.3 Å². The Morgan fingerprint density at radius 1 is 1.67 bits per heavy atom. The molecule has 0 aromatic carbocycles. The molecule has 1 atom stereocenters. The standard InChI is InChI=1S/C10H17N3O2/c1-12(2)5-6-13-7-9(3-4-11)15-8-10(13)14/h9H,3,5-8H2,1-2H3. The summed E-state index contributed by atoms with van der Waals surface area (Å²) in [5.74, 6) is 0.0195. The minimum absolute atomic E-state index is 0.0195. The van der Waals surface area contributed by atoms with Crippen LogP contribution in [-0.4, -0.2) is 62.1 Å². The Kier molecular flexibility index (Phi) is 4.53. The summed E-state index contributed by atoms with van der Waals surface area (Å²) in [6.45, 7) is 2.20. The SMILES string of the molecule is CN(C)CCN1CC(CC#N)OCC1=O. The Morgan fingerprint density at radius 2 is 2.40 bits per heavy atom. The van der Waals surface area contributed by atoms with Gasteiger partial charge >= 0.3 is 0 Å². The highest BCUT2D eigenvalue weighted by Gasteiger charge is 2.25. The van der Waals surface area contributed by atoms with Crippen molar-refractivity contribution >= 4 is 5.91 Å². The molecule has 1 aliphatic rings. The van der Waals surface area contributed by atoms with Crippen molar-refractivity contribution in [1.29, 1.82) is 5.26 Å². The zero-order valence-electron chi connectivity index (χ0n) is 9.27. The number of likely N-dealkylation sites (N-methyl/N-ethyl adjacent to an activating group) is 1. The molecule has 1 heterocycles. The Bertz CT molecular complexity index is 260. The fourth-order valence-electron chi connectivity index (χ4n) is 1.44. The number of hydrogen-bond donors (Lipinski definition) is 0. The van der Waals surface area contributed by atoms with Gasteiger partial charge < -0.3 is 14.5 Å². The van der Waals surface area contributed by atoms with Crippen molar-refractivity contribution < 1.29 is 9.53 Å². The summed E-state index contributed by atoms with van der Waals surface area (Å²) in [7, 11) is 3.94. The predicted molar refractivity (Wildman–Crippen MR) is 55.1 cm³/mol. The molecule has 0 saturated carbocycles. The van der Waals surface area contributed by atoms with Crippen LogP contribution in [0.4, 0.5) is 0 Å². The number of nitrogens with zero attached hydrogens (tertiary/aromatic N) is 3. The lowest BCUT2D eigenvalue weighted by Gasteiger charge is -2.32. The molecule has 0 aliphatic carbocycles. The summed E-state index contributed by atoms with van der Waals surface area (Å²) in [4.78, 5) is 15.3. The summed E-state index contributed by atoms with van der Waals surface area (Å²) in [5.41, 5.74) is 0. The van der Waals surface area contributed by atoms with Crippen molar-refractivity contribution in [3.8, 4) is 6.07 Å². The summed E-state index contributed by atoms with van der Waals surface area (Å²) in [6, 6.07) is 2.06. The van der Waals surface area contributed by atoms with Gasteiger partial charge in [-0.3, -0.25) is 4.79 Å². The molecule has 15 heavy (non-hydrogen) atoms. The topological polar surface area (TPSA) is 56.6 Å². The van der Waals surface area contributed by atoms with Gasteiger partial charge in [0.25, 0.3) is 0 Å². The second-order valence-electron chi connectivity index (χ2n) is 3.94. The Labute approximate surface area is 90.2 Å². The van der Waals surface area contributed by atoms with Crippen LogP contribution in [0.15, 0.2) is 0 Å². The zero-order chi connectivity index (χ0) is 11.3. The monoisotopic (exact) mass is 211 g/mol. The lowest BCUT2D eigenvalue weighted by atomic mass is 10.2. The third-order valence-corrected chi connectivity index (χ3v) is 2.36. The average Bonchev–Trinajstić information content (AvgIpc) is 2.19. The largest absolute Gasteiger partial charge is 0.365 e. The van der Waals surface area contributed by atoms with E-state index >= 15 is 0 Å². The molecule has 0 bridgehead atoms. The number of carbonyl (C=O) groups is 1. The molecule has 0 N–H and O–H groups in total. The normalized spacial score (nSPS) is 21.9.